The summed E-state index contributed by atoms with van der Waals surface area (Å²) in [6, 6.07) is 8.23. The summed E-state index contributed by atoms with van der Waals surface area (Å²) in [5.74, 6) is 0.497. The number of likely N-dealkylation sites (tertiary alicyclic amines) is 1. The van der Waals surface area contributed by atoms with Gasteiger partial charge in [-0.15, -0.1) is 5.10 Å². The molecule has 0 radical (unpaired) electrons. The van der Waals surface area contributed by atoms with E-state index in [1.54, 1.807) is 4.52 Å². The third kappa shape index (κ3) is 3.48. The Kier molecular flexibility index (Phi) is 5.11. The van der Waals surface area contributed by atoms with Crippen molar-refractivity contribution in [3.8, 4) is 5.88 Å². The minimum atomic E-state index is -0.426. The average Bonchev–Trinajstić information content (AvgIpc) is 3.43. The molecular formula is C20H23BrN4O3S. The Morgan fingerprint density at radius 2 is 1.90 bits per heavy atom. The minimum Gasteiger partial charge on any atom is -0.492 e. The standard InChI is InChI=1S/C20H23BrN4O3S/c1-2-15-22-19-25(23-15)18(26)17(29-19)16(13-3-5-14(21)6-4-13)24-9-7-20(8-10-24)27-11-12-28-20/h3-6,16,26H,2,7-12H2,1H3/t16-/m0/s1. The van der Waals surface area contributed by atoms with E-state index in [0.29, 0.717) is 13.2 Å². The maximum Gasteiger partial charge on any atom is 0.230 e. The largest absolute Gasteiger partial charge is 0.492 e. The van der Waals surface area contributed by atoms with Gasteiger partial charge in [0.15, 0.2) is 11.6 Å². The number of fused-ring (bicyclic) bond motifs is 1. The van der Waals surface area contributed by atoms with Gasteiger partial charge < -0.3 is 14.6 Å². The van der Waals surface area contributed by atoms with Gasteiger partial charge in [-0.2, -0.15) is 4.52 Å². The van der Waals surface area contributed by atoms with Crippen LogP contribution in [0.4, 0.5) is 0 Å². The molecule has 2 fully saturated rings. The van der Waals surface area contributed by atoms with Crippen LogP contribution in [-0.2, 0) is 15.9 Å². The van der Waals surface area contributed by atoms with Gasteiger partial charge in [0.25, 0.3) is 0 Å². The number of aromatic nitrogens is 3. The Bertz CT molecular complexity index is 1000. The van der Waals surface area contributed by atoms with Crippen LogP contribution < -0.4 is 0 Å². The van der Waals surface area contributed by atoms with E-state index in [9.17, 15) is 5.11 Å². The van der Waals surface area contributed by atoms with Crippen LogP contribution in [0.25, 0.3) is 4.96 Å². The maximum absolute atomic E-state index is 11.0. The van der Waals surface area contributed by atoms with Crippen LogP contribution in [0.15, 0.2) is 28.7 Å². The third-order valence-corrected chi connectivity index (χ3v) is 7.33. The monoisotopic (exact) mass is 478 g/mol. The maximum atomic E-state index is 11.0. The van der Waals surface area contributed by atoms with Crippen LogP contribution in [0.2, 0.25) is 0 Å². The SMILES string of the molecule is CCc1nc2sc([C@H](c3ccc(Br)cc3)N3CCC4(CC3)OCCO4)c(O)n2n1. The summed E-state index contributed by atoms with van der Waals surface area (Å²) in [5, 5.41) is 15.5. The number of halogens is 1. The van der Waals surface area contributed by atoms with E-state index in [0.717, 1.165) is 58.1 Å². The van der Waals surface area contributed by atoms with E-state index >= 15 is 0 Å². The highest BCUT2D eigenvalue weighted by Gasteiger charge is 2.42. The quantitative estimate of drug-likeness (QED) is 0.615. The van der Waals surface area contributed by atoms with Crippen molar-refractivity contribution in [2.75, 3.05) is 26.3 Å². The molecule has 3 aromatic rings. The van der Waals surface area contributed by atoms with E-state index in [1.165, 1.54) is 11.3 Å². The Labute approximate surface area is 181 Å². The molecule has 9 heteroatoms. The molecule has 2 aliphatic heterocycles. The molecule has 4 heterocycles. The summed E-state index contributed by atoms with van der Waals surface area (Å²) < 4.78 is 14.4. The van der Waals surface area contributed by atoms with E-state index in [2.05, 4.69) is 43.0 Å². The molecule has 2 aromatic heterocycles. The first-order chi connectivity index (χ1) is 14.1. The molecule has 2 saturated heterocycles. The van der Waals surface area contributed by atoms with Gasteiger partial charge >= 0.3 is 0 Å². The second-order valence-corrected chi connectivity index (χ2v) is 9.39. The third-order valence-electron chi connectivity index (χ3n) is 5.73. The van der Waals surface area contributed by atoms with Gasteiger partial charge in [-0.05, 0) is 17.7 Å². The Morgan fingerprint density at radius 1 is 1.21 bits per heavy atom. The molecule has 1 spiro atoms. The summed E-state index contributed by atoms with van der Waals surface area (Å²) in [6.45, 7) is 5.01. The highest BCUT2D eigenvalue weighted by molar-refractivity contribution is 9.10. The number of rotatable bonds is 4. The van der Waals surface area contributed by atoms with Crippen molar-refractivity contribution in [1.82, 2.24) is 19.5 Å². The van der Waals surface area contributed by atoms with Gasteiger partial charge in [-0.1, -0.05) is 46.3 Å². The lowest BCUT2D eigenvalue weighted by Gasteiger charge is -2.41. The average molecular weight is 479 g/mol. The Morgan fingerprint density at radius 3 is 2.52 bits per heavy atom. The van der Waals surface area contributed by atoms with Crippen molar-refractivity contribution < 1.29 is 14.6 Å². The number of nitrogens with zero attached hydrogens (tertiary/aromatic N) is 4. The number of hydrogen-bond donors (Lipinski definition) is 1. The fourth-order valence-corrected chi connectivity index (χ4v) is 5.60. The zero-order chi connectivity index (χ0) is 20.0. The molecule has 154 valence electrons. The first-order valence-electron chi connectivity index (χ1n) is 9.93. The summed E-state index contributed by atoms with van der Waals surface area (Å²) in [5.41, 5.74) is 1.13. The van der Waals surface area contributed by atoms with E-state index < -0.39 is 5.79 Å². The number of aryl methyl sites for hydroxylation is 1. The fraction of sp³-hybridized carbons (Fsp3) is 0.500. The normalized spacial score (nSPS) is 20.6. The van der Waals surface area contributed by atoms with Gasteiger partial charge in [0.2, 0.25) is 10.8 Å². The van der Waals surface area contributed by atoms with Crippen LogP contribution >= 0.6 is 27.3 Å². The first kappa shape index (κ1) is 19.4. The number of piperidine rings is 1. The second-order valence-electron chi connectivity index (χ2n) is 7.46. The van der Waals surface area contributed by atoms with Gasteiger partial charge in [0.1, 0.15) is 0 Å². The van der Waals surface area contributed by atoms with Crippen molar-refractivity contribution in [3.05, 3.63) is 45.0 Å². The summed E-state index contributed by atoms with van der Waals surface area (Å²) >= 11 is 5.03. The number of ether oxygens (including phenoxy) is 2. The minimum absolute atomic E-state index is 0.0690. The Hall–Kier alpha value is -1.52. The predicted octanol–water partition coefficient (Wildman–Crippen LogP) is 3.75. The zero-order valence-corrected chi connectivity index (χ0v) is 18.6. The number of aromatic hydroxyl groups is 1. The van der Waals surface area contributed by atoms with Crippen LogP contribution in [0.3, 0.4) is 0 Å². The summed E-state index contributed by atoms with van der Waals surface area (Å²) in [7, 11) is 0. The highest BCUT2D eigenvalue weighted by atomic mass is 79.9. The van der Waals surface area contributed by atoms with Crippen molar-refractivity contribution in [3.63, 3.8) is 0 Å². The number of thiazole rings is 1. The van der Waals surface area contributed by atoms with Crippen LogP contribution in [0.1, 0.15) is 42.1 Å². The Balaban J connectivity index is 1.52. The topological polar surface area (TPSA) is 72.1 Å². The molecular weight excluding hydrogens is 456 g/mol. The smallest absolute Gasteiger partial charge is 0.230 e. The van der Waals surface area contributed by atoms with Crippen molar-refractivity contribution in [2.24, 2.45) is 0 Å². The molecule has 0 unspecified atom stereocenters. The molecule has 0 saturated carbocycles. The molecule has 2 aliphatic rings. The van der Waals surface area contributed by atoms with E-state index in [4.69, 9.17) is 9.47 Å². The van der Waals surface area contributed by atoms with Gasteiger partial charge in [0.05, 0.1) is 24.1 Å². The molecule has 1 aromatic carbocycles. The van der Waals surface area contributed by atoms with Gasteiger partial charge in [-0.3, -0.25) is 4.90 Å². The molecule has 0 bridgehead atoms. The van der Waals surface area contributed by atoms with Crippen LogP contribution in [-0.4, -0.2) is 56.7 Å². The zero-order valence-electron chi connectivity index (χ0n) is 16.2. The van der Waals surface area contributed by atoms with Crippen molar-refractivity contribution in [2.45, 2.75) is 38.0 Å². The highest BCUT2D eigenvalue weighted by Crippen LogP contribution is 2.43. The summed E-state index contributed by atoms with van der Waals surface area (Å²) in [6.07, 6.45) is 2.39. The van der Waals surface area contributed by atoms with E-state index in [1.807, 2.05) is 19.1 Å². The van der Waals surface area contributed by atoms with E-state index in [-0.39, 0.29) is 11.9 Å². The molecule has 0 aliphatic carbocycles. The molecule has 29 heavy (non-hydrogen) atoms. The van der Waals surface area contributed by atoms with Gasteiger partial charge in [-0.25, -0.2) is 4.98 Å². The fourth-order valence-electron chi connectivity index (χ4n) is 4.20. The molecule has 7 nitrogen and oxygen atoms in total. The summed E-state index contributed by atoms with van der Waals surface area (Å²) in [4.78, 5) is 8.54. The van der Waals surface area contributed by atoms with Crippen LogP contribution in [0.5, 0.6) is 5.88 Å². The lowest BCUT2D eigenvalue weighted by atomic mass is 9.97. The predicted molar refractivity (Wildman–Crippen MR) is 113 cm³/mol. The number of hydrogen-bond acceptors (Lipinski definition) is 7. The first-order valence-corrected chi connectivity index (χ1v) is 11.5. The second kappa shape index (κ2) is 7.63. The molecule has 1 N–H and O–H groups in total. The van der Waals surface area contributed by atoms with Crippen LogP contribution in [0, 0.1) is 0 Å². The van der Waals surface area contributed by atoms with Gasteiger partial charge in [0, 0.05) is 36.8 Å². The molecule has 5 rings (SSSR count). The molecule has 0 amide bonds. The van der Waals surface area contributed by atoms with Crippen molar-refractivity contribution in [1.29, 1.82) is 0 Å². The lowest BCUT2D eigenvalue weighted by Crippen LogP contribution is -2.46. The van der Waals surface area contributed by atoms with Crippen molar-refractivity contribution >= 4 is 32.2 Å². The molecule has 1 atom stereocenters. The number of benzene rings is 1. The lowest BCUT2D eigenvalue weighted by molar-refractivity contribution is -0.187.